The molecule has 1 aromatic rings. The average Bonchev–Trinajstić information content (AvgIpc) is 3.18. The number of aromatic carboxylic acids is 1. The minimum Gasteiger partial charge on any atom is -0.477 e. The topological polar surface area (TPSA) is 115 Å². The molecule has 8 heteroatoms. The van der Waals surface area contributed by atoms with Crippen molar-refractivity contribution in [2.45, 2.75) is 61.5 Å². The molecule has 2 rings (SSSR count). The fourth-order valence-electron chi connectivity index (χ4n) is 3.37. The third kappa shape index (κ3) is 7.00. The fraction of sp³-hybridized carbons (Fsp3) is 0.600. The number of aliphatic hydroxyl groups is 3. The van der Waals surface area contributed by atoms with Crippen molar-refractivity contribution >= 4 is 34.9 Å². The molecule has 156 valence electrons. The normalized spacial score (nSPS) is 24.7. The minimum atomic E-state index is -0.942. The van der Waals surface area contributed by atoms with Crippen molar-refractivity contribution in [2.75, 3.05) is 5.75 Å². The Hall–Kier alpha value is -1.19. The molecule has 28 heavy (non-hydrogen) atoms. The molecular weight excluding hydrogens is 400 g/mol. The molecule has 1 aromatic heterocycles. The number of aliphatic hydroxyl groups excluding tert-OH is 3. The minimum absolute atomic E-state index is 0.0312. The summed E-state index contributed by atoms with van der Waals surface area (Å²) >= 11 is 2.73. The fourth-order valence-corrected chi connectivity index (χ4v) is 5.44. The molecule has 0 aliphatic heterocycles. The van der Waals surface area contributed by atoms with E-state index in [0.717, 1.165) is 4.21 Å². The van der Waals surface area contributed by atoms with Gasteiger partial charge in [0.2, 0.25) is 0 Å². The molecule has 0 saturated heterocycles. The molecule has 0 spiro atoms. The van der Waals surface area contributed by atoms with Crippen molar-refractivity contribution in [2.24, 2.45) is 11.8 Å². The molecule has 1 aliphatic rings. The number of thioether (sulfide) groups is 1. The van der Waals surface area contributed by atoms with E-state index in [0.29, 0.717) is 36.3 Å². The van der Waals surface area contributed by atoms with Crippen LogP contribution in [-0.2, 0) is 4.79 Å². The summed E-state index contributed by atoms with van der Waals surface area (Å²) < 4.78 is 0.893. The second-order valence-corrected chi connectivity index (χ2v) is 9.69. The summed E-state index contributed by atoms with van der Waals surface area (Å²) in [6, 6.07) is 3.34. The lowest BCUT2D eigenvalue weighted by Gasteiger charge is -2.18. The molecule has 0 amide bonds. The van der Waals surface area contributed by atoms with E-state index in [2.05, 4.69) is 0 Å². The van der Waals surface area contributed by atoms with Gasteiger partial charge >= 0.3 is 5.97 Å². The van der Waals surface area contributed by atoms with Crippen molar-refractivity contribution in [1.29, 1.82) is 0 Å². The van der Waals surface area contributed by atoms with Crippen molar-refractivity contribution in [3.63, 3.8) is 0 Å². The van der Waals surface area contributed by atoms with E-state index in [4.69, 9.17) is 5.11 Å². The third-order valence-electron chi connectivity index (χ3n) is 4.88. The Morgan fingerprint density at radius 1 is 1.36 bits per heavy atom. The summed E-state index contributed by atoms with van der Waals surface area (Å²) in [4.78, 5) is 23.5. The smallest absolute Gasteiger partial charge is 0.345 e. The summed E-state index contributed by atoms with van der Waals surface area (Å²) in [5, 5.41) is 38.5. The van der Waals surface area contributed by atoms with E-state index in [1.807, 2.05) is 0 Å². The van der Waals surface area contributed by atoms with Crippen LogP contribution in [0.2, 0.25) is 0 Å². The lowest BCUT2D eigenvalue weighted by molar-refractivity contribution is -0.121. The van der Waals surface area contributed by atoms with Gasteiger partial charge in [-0.3, -0.25) is 4.79 Å². The highest BCUT2D eigenvalue weighted by atomic mass is 32.2. The Bertz CT molecular complexity index is 684. The Morgan fingerprint density at radius 2 is 2.11 bits per heavy atom. The molecule has 0 radical (unpaired) electrons. The number of carbonyl (C=O) groups is 2. The molecule has 4 N–H and O–H groups in total. The quantitative estimate of drug-likeness (QED) is 0.316. The van der Waals surface area contributed by atoms with Crippen molar-refractivity contribution in [3.05, 3.63) is 29.2 Å². The SMILES string of the molecule is C[C@@H](O)CCC[C@H](O)C=C[C@H]1[C@H](O)CC(=O)[C@@H]1CCSc1ccc(C(=O)O)s1. The van der Waals surface area contributed by atoms with Gasteiger partial charge in [0, 0.05) is 18.3 Å². The highest BCUT2D eigenvalue weighted by Crippen LogP contribution is 2.36. The molecular formula is C20H28O6S2. The van der Waals surface area contributed by atoms with E-state index in [1.165, 1.54) is 23.1 Å². The van der Waals surface area contributed by atoms with Gasteiger partial charge in [-0.15, -0.1) is 23.1 Å². The third-order valence-corrected chi connectivity index (χ3v) is 7.21. The lowest BCUT2D eigenvalue weighted by atomic mass is 9.91. The number of carboxylic acid groups (broad SMARTS) is 1. The van der Waals surface area contributed by atoms with Gasteiger partial charge < -0.3 is 20.4 Å². The lowest BCUT2D eigenvalue weighted by Crippen LogP contribution is -2.20. The molecule has 0 aromatic carbocycles. The molecule has 1 saturated carbocycles. The van der Waals surface area contributed by atoms with E-state index in [1.54, 1.807) is 31.2 Å². The number of hydrogen-bond acceptors (Lipinski definition) is 7. The number of ketones is 1. The zero-order valence-corrected chi connectivity index (χ0v) is 17.5. The maximum absolute atomic E-state index is 12.3. The highest BCUT2D eigenvalue weighted by molar-refractivity contribution is 8.01. The van der Waals surface area contributed by atoms with Crippen LogP contribution in [0.5, 0.6) is 0 Å². The van der Waals surface area contributed by atoms with Gasteiger partial charge in [0.1, 0.15) is 10.7 Å². The summed E-state index contributed by atoms with van der Waals surface area (Å²) in [5.74, 6) is -0.851. The first-order chi connectivity index (χ1) is 13.3. The Labute approximate surface area is 173 Å². The number of hydrogen-bond donors (Lipinski definition) is 4. The van der Waals surface area contributed by atoms with Crippen LogP contribution in [0.3, 0.4) is 0 Å². The molecule has 1 heterocycles. The standard InChI is InChI=1S/C20H28O6S2/c1-12(21)3-2-4-13(22)5-6-14-15(17(24)11-16(14)23)9-10-27-19-8-7-18(28-19)20(25)26/h5-8,12-16,21-23H,2-4,9-11H2,1H3,(H,25,26)/t12-,13+,14-,15-,16-/m1/s1. The zero-order valence-electron chi connectivity index (χ0n) is 15.9. The number of rotatable bonds is 11. The molecule has 5 atom stereocenters. The predicted molar refractivity (Wildman–Crippen MR) is 110 cm³/mol. The van der Waals surface area contributed by atoms with Crippen LogP contribution in [0, 0.1) is 11.8 Å². The first-order valence-corrected chi connectivity index (χ1v) is 11.3. The van der Waals surface area contributed by atoms with Crippen LogP contribution in [0.1, 0.15) is 48.7 Å². The van der Waals surface area contributed by atoms with Gasteiger partial charge in [0.25, 0.3) is 0 Å². The van der Waals surface area contributed by atoms with E-state index in [9.17, 15) is 24.9 Å². The Kier molecular flexibility index (Phi) is 9.17. The average molecular weight is 429 g/mol. The number of Topliss-reactive ketones (excluding diaryl/α,β-unsaturated/α-hetero) is 1. The summed E-state index contributed by atoms with van der Waals surface area (Å²) in [7, 11) is 0. The van der Waals surface area contributed by atoms with Crippen LogP contribution in [-0.4, -0.2) is 56.2 Å². The summed E-state index contributed by atoms with van der Waals surface area (Å²) in [6.07, 6.45) is 4.21. The number of carboxylic acids is 1. The maximum atomic E-state index is 12.3. The van der Waals surface area contributed by atoms with E-state index in [-0.39, 0.29) is 30.1 Å². The predicted octanol–water partition coefficient (Wildman–Crippen LogP) is 2.96. The van der Waals surface area contributed by atoms with Crippen molar-refractivity contribution in [3.8, 4) is 0 Å². The van der Waals surface area contributed by atoms with Crippen LogP contribution in [0.25, 0.3) is 0 Å². The van der Waals surface area contributed by atoms with Crippen molar-refractivity contribution in [1.82, 2.24) is 0 Å². The maximum Gasteiger partial charge on any atom is 0.345 e. The van der Waals surface area contributed by atoms with Gasteiger partial charge in [-0.05, 0) is 50.5 Å². The Morgan fingerprint density at radius 3 is 2.75 bits per heavy atom. The zero-order chi connectivity index (χ0) is 20.7. The first-order valence-electron chi connectivity index (χ1n) is 9.49. The first kappa shape index (κ1) is 23.1. The molecule has 1 fully saturated rings. The molecule has 1 aliphatic carbocycles. The molecule has 6 nitrogen and oxygen atoms in total. The van der Waals surface area contributed by atoms with E-state index < -0.39 is 18.2 Å². The molecule has 0 unspecified atom stereocenters. The van der Waals surface area contributed by atoms with Gasteiger partial charge in [0.15, 0.2) is 0 Å². The second-order valence-electron chi connectivity index (χ2n) is 7.21. The van der Waals surface area contributed by atoms with Crippen LogP contribution >= 0.6 is 23.1 Å². The Balaban J connectivity index is 1.85. The van der Waals surface area contributed by atoms with Gasteiger partial charge in [-0.2, -0.15) is 0 Å². The van der Waals surface area contributed by atoms with Crippen LogP contribution < -0.4 is 0 Å². The van der Waals surface area contributed by atoms with Crippen molar-refractivity contribution < 1.29 is 30.0 Å². The number of thiophene rings is 1. The van der Waals surface area contributed by atoms with Gasteiger partial charge in [-0.1, -0.05) is 12.2 Å². The summed E-state index contributed by atoms with van der Waals surface area (Å²) in [5.41, 5.74) is 0. The van der Waals surface area contributed by atoms with Crippen LogP contribution in [0.4, 0.5) is 0 Å². The highest BCUT2D eigenvalue weighted by Gasteiger charge is 2.39. The van der Waals surface area contributed by atoms with E-state index >= 15 is 0 Å². The molecule has 0 bridgehead atoms. The van der Waals surface area contributed by atoms with Gasteiger partial charge in [-0.25, -0.2) is 4.79 Å². The summed E-state index contributed by atoms with van der Waals surface area (Å²) in [6.45, 7) is 1.71. The van der Waals surface area contributed by atoms with Gasteiger partial charge in [0.05, 0.1) is 22.5 Å². The second kappa shape index (κ2) is 11.1. The number of carbonyl (C=O) groups excluding carboxylic acids is 1. The largest absolute Gasteiger partial charge is 0.477 e. The monoisotopic (exact) mass is 428 g/mol. The van der Waals surface area contributed by atoms with Crippen LogP contribution in [0.15, 0.2) is 28.5 Å².